The number of carboxylic acids is 1. The lowest BCUT2D eigenvalue weighted by Gasteiger charge is -2.28. The number of hydrogen-bond acceptors (Lipinski definition) is 4. The number of aliphatic carboxylic acids is 1. The van der Waals surface area contributed by atoms with Crippen LogP contribution < -0.4 is 10.6 Å². The number of carbonyl (C=O) groups is 3. The van der Waals surface area contributed by atoms with E-state index in [-0.39, 0.29) is 42.7 Å². The monoisotopic (exact) mass is 476 g/mol. The van der Waals surface area contributed by atoms with E-state index in [4.69, 9.17) is 9.84 Å². The van der Waals surface area contributed by atoms with Gasteiger partial charge in [-0.1, -0.05) is 74.5 Å². The standard InChI is InChI=1S/C28H32N2O5/c1-17(2)25(15-26(31)32)30-27(33)18-8-7-9-19(14-18)29-28(34)35-16-24-22-12-5-3-10-20(22)21-11-4-6-13-23(21)24/h3-7,9-13,17-19,24-25H,8,14-16H2,1-2H3,(H,29,34)(H,30,33)(H,31,32)/t18?,19?,25-/m0/s1. The molecule has 2 aromatic carbocycles. The molecule has 0 aliphatic heterocycles. The fourth-order valence-corrected chi connectivity index (χ4v) is 4.94. The zero-order valence-electron chi connectivity index (χ0n) is 20.1. The van der Waals surface area contributed by atoms with Gasteiger partial charge in [-0.3, -0.25) is 9.59 Å². The van der Waals surface area contributed by atoms with E-state index in [1.54, 1.807) is 0 Å². The fourth-order valence-electron chi connectivity index (χ4n) is 4.94. The Morgan fingerprint density at radius 1 is 1.03 bits per heavy atom. The number of allylic oxidation sites excluding steroid dienone is 1. The molecule has 7 nitrogen and oxygen atoms in total. The summed E-state index contributed by atoms with van der Waals surface area (Å²) in [7, 11) is 0. The molecule has 0 fully saturated rings. The number of carboxylic acid groups (broad SMARTS) is 1. The number of alkyl carbamates (subject to hydrolysis) is 1. The van der Waals surface area contributed by atoms with Crippen LogP contribution in [0.2, 0.25) is 0 Å². The topological polar surface area (TPSA) is 105 Å². The predicted molar refractivity (Wildman–Crippen MR) is 133 cm³/mol. The first-order valence-corrected chi connectivity index (χ1v) is 12.1. The second-order valence-electron chi connectivity index (χ2n) is 9.63. The van der Waals surface area contributed by atoms with Crippen LogP contribution in [-0.2, 0) is 14.3 Å². The Kier molecular flexibility index (Phi) is 7.54. The second-order valence-corrected chi connectivity index (χ2v) is 9.63. The van der Waals surface area contributed by atoms with Gasteiger partial charge in [0.15, 0.2) is 0 Å². The van der Waals surface area contributed by atoms with Crippen molar-refractivity contribution in [2.24, 2.45) is 11.8 Å². The highest BCUT2D eigenvalue weighted by molar-refractivity contribution is 5.81. The number of hydrogen-bond donors (Lipinski definition) is 3. The minimum atomic E-state index is -0.942. The molecule has 3 N–H and O–H groups in total. The van der Waals surface area contributed by atoms with Crippen molar-refractivity contribution >= 4 is 18.0 Å². The van der Waals surface area contributed by atoms with Crippen LogP contribution in [0.15, 0.2) is 60.7 Å². The molecule has 0 bridgehead atoms. The number of benzene rings is 2. The van der Waals surface area contributed by atoms with Crippen molar-refractivity contribution in [3.63, 3.8) is 0 Å². The number of rotatable bonds is 8. The maximum Gasteiger partial charge on any atom is 0.407 e. The van der Waals surface area contributed by atoms with Crippen LogP contribution in [0.1, 0.15) is 50.2 Å². The summed E-state index contributed by atoms with van der Waals surface area (Å²) in [5, 5.41) is 14.8. The van der Waals surface area contributed by atoms with Crippen molar-refractivity contribution < 1.29 is 24.2 Å². The molecule has 2 aliphatic carbocycles. The molecule has 0 spiro atoms. The molecular formula is C28H32N2O5. The van der Waals surface area contributed by atoms with Gasteiger partial charge >= 0.3 is 12.1 Å². The lowest BCUT2D eigenvalue weighted by molar-refractivity contribution is -0.138. The Morgan fingerprint density at radius 3 is 2.26 bits per heavy atom. The third-order valence-corrected chi connectivity index (χ3v) is 6.87. The fraction of sp³-hybridized carbons (Fsp3) is 0.393. The lowest BCUT2D eigenvalue weighted by Crippen LogP contribution is -2.45. The lowest BCUT2D eigenvalue weighted by atomic mass is 9.89. The first-order valence-electron chi connectivity index (χ1n) is 12.1. The van der Waals surface area contributed by atoms with Gasteiger partial charge in [0.1, 0.15) is 6.61 Å². The van der Waals surface area contributed by atoms with Crippen molar-refractivity contribution in [3.8, 4) is 11.1 Å². The molecule has 0 radical (unpaired) electrons. The zero-order chi connectivity index (χ0) is 24.9. The van der Waals surface area contributed by atoms with Crippen LogP contribution in [0.5, 0.6) is 0 Å². The Balaban J connectivity index is 1.32. The van der Waals surface area contributed by atoms with Crippen LogP contribution in [0, 0.1) is 11.8 Å². The van der Waals surface area contributed by atoms with Crippen LogP contribution in [0.3, 0.4) is 0 Å². The summed E-state index contributed by atoms with van der Waals surface area (Å²) >= 11 is 0. The summed E-state index contributed by atoms with van der Waals surface area (Å²) < 4.78 is 5.63. The molecular weight excluding hydrogens is 444 g/mol. The maximum absolute atomic E-state index is 12.8. The molecule has 3 atom stereocenters. The predicted octanol–water partition coefficient (Wildman–Crippen LogP) is 4.48. The van der Waals surface area contributed by atoms with Crippen molar-refractivity contribution in [2.75, 3.05) is 6.61 Å². The first kappa shape index (κ1) is 24.5. The molecule has 2 amide bonds. The average molecular weight is 477 g/mol. The van der Waals surface area contributed by atoms with Crippen LogP contribution >= 0.6 is 0 Å². The number of amides is 2. The highest BCUT2D eigenvalue weighted by atomic mass is 16.5. The van der Waals surface area contributed by atoms with Gasteiger partial charge in [-0.05, 0) is 41.0 Å². The zero-order valence-corrected chi connectivity index (χ0v) is 20.1. The number of fused-ring (bicyclic) bond motifs is 3. The van der Waals surface area contributed by atoms with Crippen LogP contribution in [-0.4, -0.2) is 41.8 Å². The molecule has 2 aliphatic rings. The summed E-state index contributed by atoms with van der Waals surface area (Å²) in [6, 6.07) is 15.6. The molecule has 2 aromatic rings. The van der Waals surface area contributed by atoms with E-state index >= 15 is 0 Å². The summed E-state index contributed by atoms with van der Waals surface area (Å²) in [4.78, 5) is 36.5. The van der Waals surface area contributed by atoms with Gasteiger partial charge in [-0.15, -0.1) is 0 Å². The van der Waals surface area contributed by atoms with Crippen LogP contribution in [0.4, 0.5) is 4.79 Å². The van der Waals surface area contributed by atoms with Crippen molar-refractivity contribution in [3.05, 3.63) is 71.8 Å². The van der Waals surface area contributed by atoms with Gasteiger partial charge in [-0.25, -0.2) is 4.79 Å². The van der Waals surface area contributed by atoms with E-state index in [1.165, 1.54) is 11.1 Å². The number of carbonyl (C=O) groups excluding carboxylic acids is 2. The van der Waals surface area contributed by atoms with E-state index in [0.717, 1.165) is 11.1 Å². The largest absolute Gasteiger partial charge is 0.481 e. The second kappa shape index (κ2) is 10.8. The SMILES string of the molecule is CC(C)[C@H](CC(=O)O)NC(=O)C1CC=CC(NC(=O)OCC2c3ccccc3-c3ccccc32)C1. The summed E-state index contributed by atoms with van der Waals surface area (Å²) in [5.74, 6) is -1.48. The van der Waals surface area contributed by atoms with Crippen LogP contribution in [0.25, 0.3) is 11.1 Å². The van der Waals surface area contributed by atoms with E-state index in [0.29, 0.717) is 12.8 Å². The Morgan fingerprint density at radius 2 is 1.66 bits per heavy atom. The first-order chi connectivity index (χ1) is 16.8. The molecule has 0 aromatic heterocycles. The summed E-state index contributed by atoms with van der Waals surface area (Å²) in [5.41, 5.74) is 4.64. The van der Waals surface area contributed by atoms with Gasteiger partial charge in [0.25, 0.3) is 0 Å². The average Bonchev–Trinajstić information content (AvgIpc) is 3.16. The molecule has 0 heterocycles. The van der Waals surface area contributed by atoms with E-state index in [1.807, 2.05) is 50.3 Å². The van der Waals surface area contributed by atoms with Gasteiger partial charge in [0.05, 0.1) is 12.5 Å². The van der Waals surface area contributed by atoms with E-state index in [2.05, 4.69) is 34.9 Å². The van der Waals surface area contributed by atoms with Gasteiger partial charge in [-0.2, -0.15) is 0 Å². The molecule has 35 heavy (non-hydrogen) atoms. The van der Waals surface area contributed by atoms with Crippen molar-refractivity contribution in [1.82, 2.24) is 10.6 Å². The smallest absolute Gasteiger partial charge is 0.407 e. The minimum Gasteiger partial charge on any atom is -0.481 e. The number of nitrogens with one attached hydrogen (secondary N) is 2. The third-order valence-electron chi connectivity index (χ3n) is 6.87. The van der Waals surface area contributed by atoms with Gasteiger partial charge < -0.3 is 20.5 Å². The quantitative estimate of drug-likeness (QED) is 0.488. The molecule has 0 saturated heterocycles. The molecule has 184 valence electrons. The highest BCUT2D eigenvalue weighted by Crippen LogP contribution is 2.44. The third kappa shape index (κ3) is 5.73. The summed E-state index contributed by atoms with van der Waals surface area (Å²) in [6.07, 6.45) is 4.10. The highest BCUT2D eigenvalue weighted by Gasteiger charge is 2.31. The molecule has 2 unspecified atom stereocenters. The van der Waals surface area contributed by atoms with Crippen molar-refractivity contribution in [1.29, 1.82) is 0 Å². The van der Waals surface area contributed by atoms with Gasteiger partial charge in [0, 0.05) is 17.9 Å². The van der Waals surface area contributed by atoms with E-state index in [9.17, 15) is 14.4 Å². The van der Waals surface area contributed by atoms with Crippen molar-refractivity contribution in [2.45, 2.75) is 51.1 Å². The Labute approximate surface area is 205 Å². The summed E-state index contributed by atoms with van der Waals surface area (Å²) in [6.45, 7) is 4.00. The molecule has 0 saturated carbocycles. The minimum absolute atomic E-state index is 0.00364. The molecule has 4 rings (SSSR count). The Bertz CT molecular complexity index is 1080. The van der Waals surface area contributed by atoms with E-state index < -0.39 is 18.1 Å². The van der Waals surface area contributed by atoms with Gasteiger partial charge in [0.2, 0.25) is 5.91 Å². The Hall–Kier alpha value is -3.61. The number of ether oxygens (including phenoxy) is 1. The molecule has 7 heteroatoms. The normalized spacial score (nSPS) is 19.5. The maximum atomic E-state index is 12.8.